The summed E-state index contributed by atoms with van der Waals surface area (Å²) in [5, 5.41) is 18.8. The Morgan fingerprint density at radius 3 is 1.00 bits per heavy atom. The molecule has 15 aromatic heterocycles. The van der Waals surface area contributed by atoms with Gasteiger partial charge < -0.3 is 13.4 Å². The van der Waals surface area contributed by atoms with Crippen molar-refractivity contribution in [2.75, 3.05) is 0 Å². The van der Waals surface area contributed by atoms with Crippen LogP contribution in [0.15, 0.2) is 373 Å². The van der Waals surface area contributed by atoms with Crippen LogP contribution in [0.3, 0.4) is 0 Å². The number of nitrogens with zero attached hydrogens (tertiary/aromatic N) is 11. The van der Waals surface area contributed by atoms with Crippen LogP contribution in [-0.4, -0.2) is 54.4 Å². The lowest BCUT2D eigenvalue weighted by molar-refractivity contribution is 0.669. The molecule has 0 saturated carbocycles. The molecule has 141 heavy (non-hydrogen) atoms. The largest absolute Gasteiger partial charge is 0.456 e. The van der Waals surface area contributed by atoms with E-state index in [2.05, 4.69) is 309 Å². The van der Waals surface area contributed by atoms with Crippen LogP contribution in [0.5, 0.6) is 0 Å². The van der Waals surface area contributed by atoms with E-state index in [1.165, 1.54) is 85.7 Å². The molecule has 0 radical (unpaired) electrons. The summed E-state index contributed by atoms with van der Waals surface area (Å²) in [7, 11) is 0. The van der Waals surface area contributed by atoms with Crippen molar-refractivity contribution in [1.82, 2.24) is 54.4 Å². The minimum atomic E-state index is 0.245. The highest BCUT2D eigenvalue weighted by Gasteiger charge is 2.26. The maximum Gasteiger partial charge on any atom is 0.223 e. The molecule has 0 amide bonds. The lowest BCUT2D eigenvalue weighted by atomic mass is 10.1. The Balaban J connectivity index is 0.0000000885. The van der Waals surface area contributed by atoms with Crippen molar-refractivity contribution in [3.63, 3.8) is 0 Å². The lowest BCUT2D eigenvalue weighted by Crippen LogP contribution is -1.93. The fourth-order valence-corrected chi connectivity index (χ4v) is 28.3. The molecule has 0 unspecified atom stereocenters. The van der Waals surface area contributed by atoms with Gasteiger partial charge in [-0.25, -0.2) is 49.8 Å². The highest BCUT2D eigenvalue weighted by atomic mass is 35.5. The highest BCUT2D eigenvalue weighted by Crippen LogP contribution is 2.50. The summed E-state index contributed by atoms with van der Waals surface area (Å²) < 4.78 is 30.8. The van der Waals surface area contributed by atoms with Gasteiger partial charge in [-0.2, -0.15) is 0 Å². The Bertz CT molecular complexity index is 10100. The third-order valence-corrected chi connectivity index (χ3v) is 34.6. The van der Waals surface area contributed by atoms with E-state index >= 15 is 0 Å². The number of hydrogen-bond acceptors (Lipinski definition) is 19. The molecule has 15 heterocycles. The van der Waals surface area contributed by atoms with Crippen LogP contribution in [0.4, 0.5) is 0 Å². The molecule has 0 fully saturated rings. The van der Waals surface area contributed by atoms with E-state index in [1.54, 1.807) is 68.0 Å². The van der Waals surface area contributed by atoms with Crippen molar-refractivity contribution < 1.29 is 8.83 Å². The van der Waals surface area contributed by atoms with Crippen molar-refractivity contribution >= 4 is 345 Å². The topological polar surface area (TPSA) is 160 Å². The van der Waals surface area contributed by atoms with E-state index in [0.29, 0.717) is 5.28 Å². The van der Waals surface area contributed by atoms with Crippen LogP contribution in [0.25, 0.3) is 270 Å². The van der Waals surface area contributed by atoms with E-state index in [0.717, 1.165) is 184 Å². The molecule has 16 aromatic carbocycles. The van der Waals surface area contributed by atoms with Gasteiger partial charge in [-0.3, -0.25) is 0 Å². The van der Waals surface area contributed by atoms with Gasteiger partial charge in [0.2, 0.25) is 26.4 Å². The third-order valence-electron chi connectivity index (χ3n) is 25.5. The van der Waals surface area contributed by atoms with Crippen LogP contribution >= 0.6 is 137 Å². The fourth-order valence-electron chi connectivity index (χ4n) is 19.4. The number of hydrogen-bond donors (Lipinski definition) is 0. The van der Waals surface area contributed by atoms with Crippen LogP contribution in [0, 0.1) is 0 Å². The Hall–Kier alpha value is -14.7. The number of rotatable bonds is 6. The Morgan fingerprint density at radius 1 is 0.191 bits per heavy atom. The van der Waals surface area contributed by atoms with Crippen LogP contribution in [-0.2, 0) is 0 Å². The predicted molar refractivity (Wildman–Crippen MR) is 602 cm³/mol. The molecular formula is C116H60Cl5N11O2S7. The molecule has 668 valence electrons. The monoisotopic (exact) mass is 2040 g/mol. The van der Waals surface area contributed by atoms with Gasteiger partial charge in [-0.1, -0.05) is 243 Å². The van der Waals surface area contributed by atoms with Gasteiger partial charge in [0.15, 0.2) is 0 Å². The molecule has 0 aliphatic heterocycles. The van der Waals surface area contributed by atoms with Gasteiger partial charge in [0, 0.05) is 157 Å². The number of para-hydroxylation sites is 5. The SMILES string of the molecule is Clc1nc(-c2ccc3c(c2)c2ccccc2n3-c2ccccc2)c2sc3ccccc3c2n1.Clc1nc(-c2ccc3oc4ccccc4c3c2)c2sc3ccccc3c2n1.Clc1nc(-c2ccc3sc4ccccc4c3c2)c2sc3ccccc3c2n1.Clc1nc(-c2cccc3c2oc2ccccc23)c2sc3ccccc3c2n1.Clc1nc(-c2cccc3c2sc2ccccc23)c2sc3ccccc3c2n1. The van der Waals surface area contributed by atoms with Crippen molar-refractivity contribution in [3.05, 3.63) is 390 Å². The molecule has 0 aliphatic carbocycles. The summed E-state index contributed by atoms with van der Waals surface area (Å²) in [6.07, 6.45) is 0. The number of benzene rings is 16. The van der Waals surface area contributed by atoms with Gasteiger partial charge in [-0.15, -0.1) is 79.4 Å². The molecule has 13 nitrogen and oxygen atoms in total. The molecule has 31 rings (SSSR count). The molecule has 0 spiro atoms. The summed E-state index contributed by atoms with van der Waals surface area (Å²) >= 11 is 43.8. The second-order valence-electron chi connectivity index (χ2n) is 33.7. The first-order chi connectivity index (χ1) is 69.4. The Labute approximate surface area is 852 Å². The van der Waals surface area contributed by atoms with E-state index in [-0.39, 0.29) is 21.1 Å². The summed E-state index contributed by atoms with van der Waals surface area (Å²) in [6, 6.07) is 125. The number of fused-ring (bicyclic) bond motifs is 30. The second kappa shape index (κ2) is 35.0. The first-order valence-electron chi connectivity index (χ1n) is 44.9. The number of thiophene rings is 7. The van der Waals surface area contributed by atoms with E-state index in [1.807, 2.05) is 121 Å². The van der Waals surface area contributed by atoms with Gasteiger partial charge in [-0.05, 0) is 179 Å². The molecule has 31 aromatic rings. The van der Waals surface area contributed by atoms with Crippen molar-refractivity contribution in [1.29, 1.82) is 0 Å². The number of halogens is 5. The maximum atomic E-state index is 6.41. The Kier molecular flexibility index (Phi) is 21.2. The third kappa shape index (κ3) is 14.8. The van der Waals surface area contributed by atoms with Crippen LogP contribution < -0.4 is 0 Å². The molecule has 25 heteroatoms. The second-order valence-corrected chi connectivity index (χ2v) is 42.8. The summed E-state index contributed by atoms with van der Waals surface area (Å²) in [5.41, 5.74) is 21.1. The zero-order chi connectivity index (χ0) is 93.8. The first-order valence-corrected chi connectivity index (χ1v) is 52.5. The van der Waals surface area contributed by atoms with Gasteiger partial charge in [0.05, 0.1) is 90.6 Å². The molecule has 0 saturated heterocycles. The van der Waals surface area contributed by atoms with E-state index < -0.39 is 0 Å². The van der Waals surface area contributed by atoms with Crippen molar-refractivity contribution in [2.45, 2.75) is 0 Å². The van der Waals surface area contributed by atoms with Crippen molar-refractivity contribution in [3.8, 4) is 62.0 Å². The summed E-state index contributed by atoms with van der Waals surface area (Å²) in [5.74, 6) is 0. The normalized spacial score (nSPS) is 11.9. The molecule has 0 N–H and O–H groups in total. The molecule has 0 atom stereocenters. The summed E-state index contributed by atoms with van der Waals surface area (Å²) in [6.45, 7) is 0. The fraction of sp³-hybridized carbons (Fsp3) is 0. The van der Waals surface area contributed by atoms with E-state index in [4.69, 9.17) is 66.8 Å². The lowest BCUT2D eigenvalue weighted by Gasteiger charge is -2.08. The zero-order valence-electron chi connectivity index (χ0n) is 73.1. The van der Waals surface area contributed by atoms with Crippen molar-refractivity contribution in [2.24, 2.45) is 0 Å². The summed E-state index contributed by atoms with van der Waals surface area (Å²) in [4.78, 5) is 45.7. The standard InChI is InChI=1S/C28H16ClN3S.2C22H11ClN2OS.2C22H11ClN2S2/c29-28-30-25(27-26(31-28)20-11-5-7-13-24(20)33-27)17-14-15-23-21(16-17)19-10-4-6-12-22(19)32(23)18-8-2-1-3-9-18;23-22-24-18-14-7-2-4-11-17(14)27-21(18)19(25-22)15-9-5-8-13-12-6-1-3-10-16(12)26-20(13)15;23-22-24-19(21-20(25-22)14-6-2-4-8-18(14)27-21)12-9-10-17-15(11-12)13-5-1-3-7-16(13)26-17;23-22-24-18-14-7-2-4-11-17(14)27-21(18)19(25-22)15-9-5-8-13-12-6-1-3-10-16(12)26-20(13)15;23-22-24-19(21-20(25-22)14-6-2-4-8-17(14)27-21)12-9-10-18-15(11-12)13-5-1-3-7-16(13)26-18/h1-16H;4*1-11H. The van der Waals surface area contributed by atoms with Gasteiger partial charge in [0.1, 0.15) is 22.3 Å². The smallest absolute Gasteiger partial charge is 0.223 e. The van der Waals surface area contributed by atoms with Gasteiger partial charge >= 0.3 is 0 Å². The average Bonchev–Trinajstić information content (AvgIpc) is 1.58. The molecular weight excluding hydrogens is 1980 g/mol. The quantitative estimate of drug-likeness (QED) is 0.145. The highest BCUT2D eigenvalue weighted by molar-refractivity contribution is 7.29. The van der Waals surface area contributed by atoms with Crippen LogP contribution in [0.2, 0.25) is 26.4 Å². The Morgan fingerprint density at radius 2 is 0.504 bits per heavy atom. The minimum absolute atomic E-state index is 0.245. The molecule has 0 aliphatic rings. The van der Waals surface area contributed by atoms with E-state index in [9.17, 15) is 0 Å². The van der Waals surface area contributed by atoms with Crippen LogP contribution in [0.1, 0.15) is 0 Å². The number of aromatic nitrogens is 11. The minimum Gasteiger partial charge on any atom is -0.456 e. The zero-order valence-corrected chi connectivity index (χ0v) is 82.6. The predicted octanol–water partition coefficient (Wildman–Crippen LogP) is 37.5. The first kappa shape index (κ1) is 85.5. The maximum absolute atomic E-state index is 6.41. The van der Waals surface area contributed by atoms with Gasteiger partial charge in [0.25, 0.3) is 0 Å². The molecule has 0 bridgehead atoms. The average molecular weight is 2040 g/mol. The number of furan rings is 2.